The molecule has 9 nitrogen and oxygen atoms in total. The minimum absolute atomic E-state index is 0.0668. The maximum absolute atomic E-state index is 13.5. The van der Waals surface area contributed by atoms with Crippen molar-refractivity contribution in [2.45, 2.75) is 76.7 Å². The summed E-state index contributed by atoms with van der Waals surface area (Å²) in [6, 6.07) is 6.57. The summed E-state index contributed by atoms with van der Waals surface area (Å²) in [5.41, 5.74) is 13.1. The van der Waals surface area contributed by atoms with Gasteiger partial charge < -0.3 is 27.0 Å². The minimum Gasteiger partial charge on any atom is -0.355 e. The maximum atomic E-state index is 13.5. The summed E-state index contributed by atoms with van der Waals surface area (Å²) in [7, 11) is 0. The lowest BCUT2D eigenvalue weighted by Gasteiger charge is -2.43. The Hall–Kier alpha value is -2.49. The molecule has 2 atom stereocenters. The predicted molar refractivity (Wildman–Crippen MR) is 131 cm³/mol. The van der Waals surface area contributed by atoms with Gasteiger partial charge in [0.2, 0.25) is 17.7 Å². The molecule has 1 heterocycles. The number of benzene rings is 1. The second-order valence-corrected chi connectivity index (χ2v) is 9.43. The van der Waals surface area contributed by atoms with Crippen LogP contribution in [0.3, 0.4) is 0 Å². The van der Waals surface area contributed by atoms with Crippen LogP contribution in [0.1, 0.15) is 69.2 Å². The van der Waals surface area contributed by atoms with E-state index >= 15 is 0 Å². The van der Waals surface area contributed by atoms with Gasteiger partial charge in [0.25, 0.3) is 0 Å². The van der Waals surface area contributed by atoms with Crippen LogP contribution >= 0.6 is 0 Å². The lowest BCUT2D eigenvalue weighted by molar-refractivity contribution is -0.150. The van der Waals surface area contributed by atoms with Crippen molar-refractivity contribution in [3.63, 3.8) is 0 Å². The van der Waals surface area contributed by atoms with Crippen molar-refractivity contribution in [1.82, 2.24) is 20.9 Å². The van der Waals surface area contributed by atoms with Gasteiger partial charge in [-0.25, -0.2) is 0 Å². The van der Waals surface area contributed by atoms with E-state index in [0.717, 1.165) is 43.2 Å². The molecule has 188 valence electrons. The zero-order chi connectivity index (χ0) is 24.5. The molecule has 3 rings (SSSR count). The van der Waals surface area contributed by atoms with Crippen LogP contribution in [-0.4, -0.2) is 54.3 Å². The lowest BCUT2D eigenvalue weighted by atomic mass is 9.82. The summed E-state index contributed by atoms with van der Waals surface area (Å²) in [5.74, 6) is -0.128. The van der Waals surface area contributed by atoms with Gasteiger partial charge in [0.05, 0.1) is 18.8 Å². The van der Waals surface area contributed by atoms with Crippen LogP contribution in [0.25, 0.3) is 0 Å². The topological polar surface area (TPSA) is 143 Å². The van der Waals surface area contributed by atoms with Crippen LogP contribution < -0.4 is 27.4 Å². The SMILES string of the molecule is CCCNC(=O)CN[C@@H](C(=O)N1CC[C@H]1C(=O)NCc1ccc(C(N)N)cc1)C1CCCCC1. The van der Waals surface area contributed by atoms with Crippen molar-refractivity contribution >= 4 is 17.7 Å². The van der Waals surface area contributed by atoms with Crippen molar-refractivity contribution in [2.75, 3.05) is 19.6 Å². The van der Waals surface area contributed by atoms with Gasteiger partial charge in [0.1, 0.15) is 6.04 Å². The van der Waals surface area contributed by atoms with Gasteiger partial charge in [0.15, 0.2) is 0 Å². The molecule has 0 aromatic heterocycles. The standard InChI is InChI=1S/C25H40N6O3/c1-2-13-28-21(32)16-29-22(18-6-4-3-5-7-18)25(34)31-14-12-20(31)24(33)30-15-17-8-10-19(11-9-17)23(26)27/h8-11,18,20,22-23,29H,2-7,12-16,26-27H2,1H3,(H,28,32)(H,30,33)/t20-,22+/m0/s1. The maximum Gasteiger partial charge on any atom is 0.243 e. The molecule has 0 radical (unpaired) electrons. The summed E-state index contributed by atoms with van der Waals surface area (Å²) < 4.78 is 0. The molecule has 1 aromatic rings. The number of amides is 3. The highest BCUT2D eigenvalue weighted by molar-refractivity contribution is 5.92. The number of nitrogens with zero attached hydrogens (tertiary/aromatic N) is 1. The Kier molecular flexibility index (Phi) is 9.86. The Labute approximate surface area is 202 Å². The fraction of sp³-hybridized carbons (Fsp3) is 0.640. The van der Waals surface area contributed by atoms with Crippen molar-refractivity contribution in [3.8, 4) is 0 Å². The first-order valence-electron chi connectivity index (χ1n) is 12.6. The predicted octanol–water partition coefficient (Wildman–Crippen LogP) is 0.884. The number of nitrogens with two attached hydrogens (primary N) is 2. The van der Waals surface area contributed by atoms with E-state index in [1.54, 1.807) is 4.90 Å². The van der Waals surface area contributed by atoms with E-state index in [1.807, 2.05) is 31.2 Å². The molecule has 1 saturated heterocycles. The number of carbonyl (C=O) groups excluding carboxylic acids is 3. The number of carbonyl (C=O) groups is 3. The van der Waals surface area contributed by atoms with Gasteiger partial charge in [0, 0.05) is 19.6 Å². The van der Waals surface area contributed by atoms with Gasteiger partial charge in [-0.15, -0.1) is 0 Å². The van der Waals surface area contributed by atoms with Crippen LogP contribution in [0.5, 0.6) is 0 Å². The van der Waals surface area contributed by atoms with E-state index in [0.29, 0.717) is 26.1 Å². The number of rotatable bonds is 11. The fourth-order valence-corrected chi connectivity index (χ4v) is 4.72. The largest absolute Gasteiger partial charge is 0.355 e. The van der Waals surface area contributed by atoms with E-state index in [2.05, 4.69) is 16.0 Å². The Balaban J connectivity index is 1.57. The molecule has 9 heteroatoms. The Morgan fingerprint density at radius 3 is 2.32 bits per heavy atom. The molecule has 1 aromatic carbocycles. The minimum atomic E-state index is -0.526. The van der Waals surface area contributed by atoms with Gasteiger partial charge in [-0.05, 0) is 42.7 Å². The first-order chi connectivity index (χ1) is 16.4. The summed E-state index contributed by atoms with van der Waals surface area (Å²) in [4.78, 5) is 40.1. The number of hydrogen-bond donors (Lipinski definition) is 5. The number of likely N-dealkylation sites (tertiary alicyclic amines) is 1. The van der Waals surface area contributed by atoms with Crippen LogP contribution in [0, 0.1) is 5.92 Å². The Morgan fingerprint density at radius 1 is 1.03 bits per heavy atom. The quantitative estimate of drug-likeness (QED) is 0.303. The first-order valence-corrected chi connectivity index (χ1v) is 12.6. The van der Waals surface area contributed by atoms with E-state index < -0.39 is 18.2 Å². The highest BCUT2D eigenvalue weighted by Crippen LogP contribution is 2.29. The van der Waals surface area contributed by atoms with Gasteiger partial charge in [-0.3, -0.25) is 19.7 Å². The fourth-order valence-electron chi connectivity index (χ4n) is 4.72. The normalized spacial score (nSPS) is 19.4. The molecule has 3 amide bonds. The molecule has 7 N–H and O–H groups in total. The number of hydrogen-bond acceptors (Lipinski definition) is 6. The van der Waals surface area contributed by atoms with Crippen LogP contribution in [-0.2, 0) is 20.9 Å². The van der Waals surface area contributed by atoms with Crippen molar-refractivity contribution in [1.29, 1.82) is 0 Å². The van der Waals surface area contributed by atoms with E-state index in [1.165, 1.54) is 6.42 Å². The molecule has 34 heavy (non-hydrogen) atoms. The molecule has 2 aliphatic rings. The number of nitrogens with one attached hydrogen (secondary N) is 3. The summed E-state index contributed by atoms with van der Waals surface area (Å²) in [5, 5.41) is 9.02. The molecule has 0 bridgehead atoms. The van der Waals surface area contributed by atoms with E-state index in [-0.39, 0.29) is 30.2 Å². The van der Waals surface area contributed by atoms with Crippen LogP contribution in [0.2, 0.25) is 0 Å². The Morgan fingerprint density at radius 2 is 1.74 bits per heavy atom. The first kappa shape index (κ1) is 26.1. The molecule has 0 spiro atoms. The van der Waals surface area contributed by atoms with Crippen LogP contribution in [0.15, 0.2) is 24.3 Å². The smallest absolute Gasteiger partial charge is 0.243 e. The van der Waals surface area contributed by atoms with Gasteiger partial charge in [-0.1, -0.05) is 50.5 Å². The Bertz CT molecular complexity index is 822. The second-order valence-electron chi connectivity index (χ2n) is 9.43. The molecule has 1 saturated carbocycles. The third-order valence-corrected chi connectivity index (χ3v) is 6.88. The van der Waals surface area contributed by atoms with Crippen LogP contribution in [0.4, 0.5) is 0 Å². The molecule has 1 aliphatic heterocycles. The zero-order valence-electron chi connectivity index (χ0n) is 20.2. The van der Waals surface area contributed by atoms with Crippen molar-refractivity contribution in [2.24, 2.45) is 17.4 Å². The van der Waals surface area contributed by atoms with E-state index in [4.69, 9.17) is 11.5 Å². The highest BCUT2D eigenvalue weighted by atomic mass is 16.2. The molecule has 2 fully saturated rings. The third kappa shape index (κ3) is 7.01. The average molecular weight is 473 g/mol. The molecule has 1 aliphatic carbocycles. The third-order valence-electron chi connectivity index (χ3n) is 6.88. The summed E-state index contributed by atoms with van der Waals surface area (Å²) >= 11 is 0. The average Bonchev–Trinajstić information content (AvgIpc) is 2.81. The second kappa shape index (κ2) is 12.8. The van der Waals surface area contributed by atoms with Gasteiger partial charge >= 0.3 is 0 Å². The van der Waals surface area contributed by atoms with E-state index in [9.17, 15) is 14.4 Å². The summed E-state index contributed by atoms with van der Waals surface area (Å²) in [6.45, 7) is 3.67. The highest BCUT2D eigenvalue weighted by Gasteiger charge is 2.42. The molecular formula is C25H40N6O3. The van der Waals surface area contributed by atoms with Gasteiger partial charge in [-0.2, -0.15) is 0 Å². The summed E-state index contributed by atoms with van der Waals surface area (Å²) in [6.07, 6.45) is 6.29. The van der Waals surface area contributed by atoms with Crippen molar-refractivity contribution < 1.29 is 14.4 Å². The lowest BCUT2D eigenvalue weighted by Crippen LogP contribution is -2.63. The zero-order valence-corrected chi connectivity index (χ0v) is 20.2. The molecule has 0 unspecified atom stereocenters. The molecular weight excluding hydrogens is 432 g/mol. The monoisotopic (exact) mass is 472 g/mol. The van der Waals surface area contributed by atoms with Crippen molar-refractivity contribution in [3.05, 3.63) is 35.4 Å².